The fourth-order valence-corrected chi connectivity index (χ4v) is 0.532. The number of rotatable bonds is 0. The standard InChI is InChI=1S/C6H7F2OP/c1-3-6(2)4-5-10(7,8)9/h3H,1-2H3/b6-3-. The number of hydrogen-bond acceptors (Lipinski definition) is 1. The molecule has 0 aliphatic heterocycles. The minimum atomic E-state index is -5.13. The first kappa shape index (κ1) is 9.39. The first-order chi connectivity index (χ1) is 4.45. The van der Waals surface area contributed by atoms with E-state index in [1.54, 1.807) is 19.9 Å². The number of halogens is 2. The Hall–Kier alpha value is -0.610. The lowest BCUT2D eigenvalue weighted by atomic mass is 10.3. The van der Waals surface area contributed by atoms with Crippen molar-refractivity contribution >= 4 is 7.76 Å². The number of hydrogen-bond donors (Lipinski definition) is 0. The highest BCUT2D eigenvalue weighted by Crippen LogP contribution is 2.47. The summed E-state index contributed by atoms with van der Waals surface area (Å²) in [6, 6.07) is 0. The van der Waals surface area contributed by atoms with Gasteiger partial charge in [-0.1, -0.05) is 12.0 Å². The molecule has 0 atom stereocenters. The zero-order valence-electron chi connectivity index (χ0n) is 5.69. The lowest BCUT2D eigenvalue weighted by molar-refractivity contribution is 0.508. The second-order valence-electron chi connectivity index (χ2n) is 1.67. The second-order valence-corrected chi connectivity index (χ2v) is 2.82. The predicted molar refractivity (Wildman–Crippen MR) is 37.0 cm³/mol. The normalized spacial score (nSPS) is 12.2. The monoisotopic (exact) mass is 164 g/mol. The van der Waals surface area contributed by atoms with Gasteiger partial charge in [0, 0.05) is 5.66 Å². The molecule has 1 nitrogen and oxygen atoms in total. The summed E-state index contributed by atoms with van der Waals surface area (Å²) in [5, 5.41) is 0. The van der Waals surface area contributed by atoms with Crippen LogP contribution in [0.25, 0.3) is 0 Å². The second kappa shape index (κ2) is 3.53. The first-order valence-electron chi connectivity index (χ1n) is 2.61. The molecular weight excluding hydrogens is 157 g/mol. The zero-order valence-corrected chi connectivity index (χ0v) is 6.58. The van der Waals surface area contributed by atoms with E-state index in [-0.39, 0.29) is 0 Å². The van der Waals surface area contributed by atoms with Crippen molar-refractivity contribution in [3.05, 3.63) is 11.6 Å². The average Bonchev–Trinajstić information content (AvgIpc) is 1.81. The van der Waals surface area contributed by atoms with Gasteiger partial charge in [0.25, 0.3) is 0 Å². The van der Waals surface area contributed by atoms with Crippen LogP contribution in [0.2, 0.25) is 0 Å². The third-order valence-electron chi connectivity index (χ3n) is 0.816. The number of allylic oxidation sites excluding steroid dienone is 2. The van der Waals surface area contributed by atoms with Crippen LogP contribution >= 0.6 is 7.76 Å². The molecule has 0 saturated heterocycles. The van der Waals surface area contributed by atoms with E-state index in [9.17, 15) is 13.0 Å². The predicted octanol–water partition coefficient (Wildman–Crippen LogP) is 3.05. The lowest BCUT2D eigenvalue weighted by Gasteiger charge is -1.82. The van der Waals surface area contributed by atoms with Crippen LogP contribution in [0.1, 0.15) is 13.8 Å². The molecule has 0 N–H and O–H groups in total. The van der Waals surface area contributed by atoms with Gasteiger partial charge in [-0.3, -0.25) is 0 Å². The lowest BCUT2D eigenvalue weighted by Crippen LogP contribution is -1.63. The molecule has 0 aliphatic rings. The highest BCUT2D eigenvalue weighted by Gasteiger charge is 2.12. The molecular formula is C6H7F2OP. The summed E-state index contributed by atoms with van der Waals surface area (Å²) in [6.07, 6.45) is 1.57. The van der Waals surface area contributed by atoms with E-state index in [1.165, 1.54) is 5.66 Å². The van der Waals surface area contributed by atoms with Crippen molar-refractivity contribution in [1.29, 1.82) is 0 Å². The van der Waals surface area contributed by atoms with Crippen LogP contribution in [0.4, 0.5) is 8.39 Å². The van der Waals surface area contributed by atoms with Gasteiger partial charge in [0.15, 0.2) is 0 Å². The quantitative estimate of drug-likeness (QED) is 0.397. The summed E-state index contributed by atoms with van der Waals surface area (Å²) in [6.45, 7) is 3.24. The van der Waals surface area contributed by atoms with Crippen LogP contribution < -0.4 is 0 Å². The molecule has 0 aromatic rings. The maximum Gasteiger partial charge on any atom is 0.478 e. The van der Waals surface area contributed by atoms with E-state index in [4.69, 9.17) is 0 Å². The molecule has 10 heavy (non-hydrogen) atoms. The van der Waals surface area contributed by atoms with Crippen molar-refractivity contribution in [1.82, 2.24) is 0 Å². The van der Waals surface area contributed by atoms with Gasteiger partial charge in [-0.25, -0.2) is 4.57 Å². The van der Waals surface area contributed by atoms with Gasteiger partial charge in [0.1, 0.15) is 0 Å². The maximum atomic E-state index is 11.6. The molecule has 0 aromatic heterocycles. The Morgan fingerprint density at radius 2 is 2.10 bits per heavy atom. The van der Waals surface area contributed by atoms with E-state index in [0.717, 1.165) is 0 Å². The fourth-order valence-electron chi connectivity index (χ4n) is 0.225. The van der Waals surface area contributed by atoms with Crippen LogP contribution in [0, 0.1) is 11.6 Å². The molecule has 0 heterocycles. The van der Waals surface area contributed by atoms with Gasteiger partial charge in [-0.15, -0.1) is 8.39 Å². The van der Waals surface area contributed by atoms with Gasteiger partial charge in [0.05, 0.1) is 0 Å². The van der Waals surface area contributed by atoms with Crippen LogP contribution in [-0.4, -0.2) is 0 Å². The largest absolute Gasteiger partial charge is 0.478 e. The summed E-state index contributed by atoms with van der Waals surface area (Å²) in [5.41, 5.74) is 1.87. The van der Waals surface area contributed by atoms with Gasteiger partial charge >= 0.3 is 7.76 Å². The minimum absolute atomic E-state index is 0.496. The van der Waals surface area contributed by atoms with Crippen molar-refractivity contribution in [3.63, 3.8) is 0 Å². The Kier molecular flexibility index (Phi) is 3.32. The highest BCUT2D eigenvalue weighted by atomic mass is 31.2. The first-order valence-corrected chi connectivity index (χ1v) is 4.10. The Morgan fingerprint density at radius 3 is 2.40 bits per heavy atom. The molecule has 0 bridgehead atoms. The Labute approximate surface area is 58.7 Å². The molecule has 0 rings (SSSR count). The Balaban J connectivity index is 4.34. The molecule has 0 aromatic carbocycles. The van der Waals surface area contributed by atoms with Crippen molar-refractivity contribution in [3.8, 4) is 11.6 Å². The molecule has 56 valence electrons. The zero-order chi connectivity index (χ0) is 8.20. The summed E-state index contributed by atoms with van der Waals surface area (Å²) in [4.78, 5) is 0. The molecule has 0 unspecified atom stereocenters. The minimum Gasteiger partial charge on any atom is -0.235 e. The van der Waals surface area contributed by atoms with Crippen molar-refractivity contribution in [2.24, 2.45) is 0 Å². The molecule has 4 heteroatoms. The summed E-state index contributed by atoms with van der Waals surface area (Å²) in [7, 11) is -5.13. The third-order valence-corrected chi connectivity index (χ3v) is 1.19. The molecule has 0 fully saturated rings. The summed E-state index contributed by atoms with van der Waals surface area (Å²) >= 11 is 0. The van der Waals surface area contributed by atoms with Crippen molar-refractivity contribution in [2.75, 3.05) is 0 Å². The third kappa shape index (κ3) is 5.53. The maximum absolute atomic E-state index is 11.6. The smallest absolute Gasteiger partial charge is 0.235 e. The van der Waals surface area contributed by atoms with Gasteiger partial charge in [0.2, 0.25) is 0 Å². The van der Waals surface area contributed by atoms with E-state index in [1.807, 2.05) is 0 Å². The van der Waals surface area contributed by atoms with E-state index in [0.29, 0.717) is 5.57 Å². The summed E-state index contributed by atoms with van der Waals surface area (Å²) in [5.74, 6) is 2.07. The fraction of sp³-hybridized carbons (Fsp3) is 0.333. The molecule has 0 spiro atoms. The van der Waals surface area contributed by atoms with Crippen LogP contribution in [0.3, 0.4) is 0 Å². The van der Waals surface area contributed by atoms with Crippen LogP contribution in [0.5, 0.6) is 0 Å². The van der Waals surface area contributed by atoms with Crippen molar-refractivity contribution < 1.29 is 13.0 Å². The highest BCUT2D eigenvalue weighted by molar-refractivity contribution is 7.58. The van der Waals surface area contributed by atoms with Gasteiger partial charge < -0.3 is 0 Å². The Bertz CT molecular complexity index is 240. The van der Waals surface area contributed by atoms with Gasteiger partial charge in [-0.2, -0.15) is 0 Å². The molecule has 0 saturated carbocycles. The molecule has 0 amide bonds. The van der Waals surface area contributed by atoms with E-state index in [2.05, 4.69) is 5.92 Å². The van der Waals surface area contributed by atoms with Crippen LogP contribution in [-0.2, 0) is 4.57 Å². The average molecular weight is 164 g/mol. The molecule has 0 aliphatic carbocycles. The summed E-state index contributed by atoms with van der Waals surface area (Å²) < 4.78 is 32.8. The van der Waals surface area contributed by atoms with Gasteiger partial charge in [-0.05, 0) is 19.4 Å². The van der Waals surface area contributed by atoms with Crippen molar-refractivity contribution in [2.45, 2.75) is 13.8 Å². The van der Waals surface area contributed by atoms with Crippen LogP contribution in [0.15, 0.2) is 11.6 Å². The topological polar surface area (TPSA) is 17.1 Å². The van der Waals surface area contributed by atoms with E-state index < -0.39 is 7.76 Å². The SMILES string of the molecule is C/C=C(/C)C#CP(=O)(F)F. The Morgan fingerprint density at radius 1 is 1.60 bits per heavy atom. The molecule has 0 radical (unpaired) electrons. The van der Waals surface area contributed by atoms with E-state index >= 15 is 0 Å².